The zero-order chi connectivity index (χ0) is 16.1. The molecule has 0 aliphatic carbocycles. The molecule has 2 aromatic carbocycles. The molecule has 3 heteroatoms. The van der Waals surface area contributed by atoms with E-state index in [0.29, 0.717) is 19.0 Å². The van der Waals surface area contributed by atoms with Crippen molar-refractivity contribution in [2.24, 2.45) is 0 Å². The quantitative estimate of drug-likeness (QED) is 0.862. The van der Waals surface area contributed by atoms with Gasteiger partial charge in [0, 0.05) is 25.6 Å². The van der Waals surface area contributed by atoms with Gasteiger partial charge >= 0.3 is 0 Å². The zero-order valence-corrected chi connectivity index (χ0v) is 13.2. The number of carbonyl (C=O) groups is 1. The predicted octanol–water partition coefficient (Wildman–Crippen LogP) is 2.94. The summed E-state index contributed by atoms with van der Waals surface area (Å²) in [6.07, 6.45) is 1.70. The van der Waals surface area contributed by atoms with Gasteiger partial charge in [0.2, 0.25) is 5.91 Å². The second-order valence-corrected chi connectivity index (χ2v) is 5.92. The van der Waals surface area contributed by atoms with Crippen molar-refractivity contribution in [1.29, 1.82) is 0 Å². The van der Waals surface area contributed by atoms with Gasteiger partial charge in [-0.3, -0.25) is 9.69 Å². The maximum Gasteiger partial charge on any atom is 0.234 e. The third kappa shape index (κ3) is 3.69. The molecule has 1 N–H and O–H groups in total. The van der Waals surface area contributed by atoms with Crippen molar-refractivity contribution in [1.82, 2.24) is 10.2 Å². The molecule has 1 amide bonds. The van der Waals surface area contributed by atoms with Crippen molar-refractivity contribution in [3.63, 3.8) is 0 Å². The third-order valence-electron chi connectivity index (χ3n) is 4.28. The van der Waals surface area contributed by atoms with Crippen LogP contribution < -0.4 is 5.32 Å². The second-order valence-electron chi connectivity index (χ2n) is 5.92. The van der Waals surface area contributed by atoms with Crippen LogP contribution >= 0.6 is 0 Å². The van der Waals surface area contributed by atoms with Crippen LogP contribution in [-0.4, -0.2) is 30.4 Å². The van der Waals surface area contributed by atoms with Gasteiger partial charge in [-0.15, -0.1) is 6.58 Å². The summed E-state index contributed by atoms with van der Waals surface area (Å²) in [7, 11) is 0. The van der Waals surface area contributed by atoms with E-state index in [1.165, 1.54) is 16.7 Å². The Morgan fingerprint density at radius 3 is 2.70 bits per heavy atom. The first kappa shape index (κ1) is 15.5. The average molecular weight is 306 g/mol. The molecule has 0 spiro atoms. The highest BCUT2D eigenvalue weighted by molar-refractivity contribution is 5.78. The number of nitrogens with zero attached hydrogens (tertiary/aromatic N) is 1. The van der Waals surface area contributed by atoms with Crippen molar-refractivity contribution >= 4 is 5.91 Å². The Balaban J connectivity index is 1.82. The van der Waals surface area contributed by atoms with Gasteiger partial charge in [0.25, 0.3) is 0 Å². The van der Waals surface area contributed by atoms with Gasteiger partial charge < -0.3 is 5.32 Å². The molecule has 118 valence electrons. The van der Waals surface area contributed by atoms with Crippen LogP contribution in [0.3, 0.4) is 0 Å². The minimum atomic E-state index is 0.0519. The fourth-order valence-electron chi connectivity index (χ4n) is 3.22. The van der Waals surface area contributed by atoms with Crippen LogP contribution in [0.5, 0.6) is 0 Å². The van der Waals surface area contributed by atoms with Crippen molar-refractivity contribution in [2.75, 3.05) is 19.6 Å². The Morgan fingerprint density at radius 2 is 1.91 bits per heavy atom. The first-order valence-corrected chi connectivity index (χ1v) is 8.00. The van der Waals surface area contributed by atoms with E-state index in [1.54, 1.807) is 6.08 Å². The predicted molar refractivity (Wildman–Crippen MR) is 93.2 cm³/mol. The Hall–Kier alpha value is -2.39. The van der Waals surface area contributed by atoms with Crippen LogP contribution in [0.15, 0.2) is 67.3 Å². The molecule has 1 atom stereocenters. The van der Waals surface area contributed by atoms with Gasteiger partial charge in [-0.05, 0) is 16.7 Å². The molecule has 0 bridgehead atoms. The van der Waals surface area contributed by atoms with Gasteiger partial charge in [0.05, 0.1) is 6.54 Å². The number of hydrogen-bond donors (Lipinski definition) is 1. The van der Waals surface area contributed by atoms with Gasteiger partial charge in [-0.1, -0.05) is 60.7 Å². The number of rotatable bonds is 5. The van der Waals surface area contributed by atoms with Crippen LogP contribution in [-0.2, 0) is 11.3 Å². The van der Waals surface area contributed by atoms with E-state index in [0.717, 1.165) is 13.1 Å². The highest BCUT2D eigenvalue weighted by atomic mass is 16.2. The van der Waals surface area contributed by atoms with Gasteiger partial charge in [-0.2, -0.15) is 0 Å². The van der Waals surface area contributed by atoms with Crippen molar-refractivity contribution in [3.05, 3.63) is 83.9 Å². The van der Waals surface area contributed by atoms with Gasteiger partial charge in [0.1, 0.15) is 0 Å². The Labute approximate surface area is 137 Å². The molecule has 1 aliphatic rings. The molecule has 0 radical (unpaired) electrons. The van der Waals surface area contributed by atoms with Crippen molar-refractivity contribution in [2.45, 2.75) is 12.5 Å². The molecule has 0 saturated carbocycles. The van der Waals surface area contributed by atoms with E-state index in [1.807, 2.05) is 6.07 Å². The molecule has 23 heavy (non-hydrogen) atoms. The van der Waals surface area contributed by atoms with Gasteiger partial charge in [0.15, 0.2) is 0 Å². The first-order valence-electron chi connectivity index (χ1n) is 8.00. The van der Waals surface area contributed by atoms with E-state index >= 15 is 0 Å². The van der Waals surface area contributed by atoms with E-state index < -0.39 is 0 Å². The number of nitrogens with one attached hydrogen (secondary N) is 1. The van der Waals surface area contributed by atoms with Crippen LogP contribution in [0.1, 0.15) is 22.6 Å². The molecule has 0 saturated heterocycles. The number of benzene rings is 2. The molecule has 1 aliphatic heterocycles. The largest absolute Gasteiger partial charge is 0.352 e. The number of carbonyl (C=O) groups excluding carboxylic acids is 1. The summed E-state index contributed by atoms with van der Waals surface area (Å²) in [4.78, 5) is 14.2. The first-order chi connectivity index (χ1) is 11.3. The van der Waals surface area contributed by atoms with Gasteiger partial charge in [-0.25, -0.2) is 0 Å². The monoisotopic (exact) mass is 306 g/mol. The van der Waals surface area contributed by atoms with Crippen LogP contribution in [0.2, 0.25) is 0 Å². The number of amides is 1. The summed E-state index contributed by atoms with van der Waals surface area (Å²) >= 11 is 0. The number of hydrogen-bond acceptors (Lipinski definition) is 2. The van der Waals surface area contributed by atoms with Crippen LogP contribution in [0, 0.1) is 0 Å². The molecule has 1 unspecified atom stereocenters. The SMILES string of the molecule is C=CCNC(=O)CN1Cc2ccccc2C(c2ccccc2)C1. The lowest BCUT2D eigenvalue weighted by molar-refractivity contribution is -0.122. The molecule has 3 rings (SSSR count). The molecule has 3 nitrogen and oxygen atoms in total. The van der Waals surface area contributed by atoms with E-state index in [9.17, 15) is 4.79 Å². The Bertz CT molecular complexity index is 681. The highest BCUT2D eigenvalue weighted by Crippen LogP contribution is 2.33. The summed E-state index contributed by atoms with van der Waals surface area (Å²) in [5.74, 6) is 0.365. The average Bonchev–Trinajstić information content (AvgIpc) is 2.60. The fraction of sp³-hybridized carbons (Fsp3) is 0.250. The zero-order valence-electron chi connectivity index (χ0n) is 13.2. The Kier molecular flexibility index (Phi) is 4.89. The summed E-state index contributed by atoms with van der Waals surface area (Å²) in [5, 5.41) is 2.86. The standard InChI is InChI=1S/C20H22N2O/c1-2-12-21-20(23)15-22-13-17-10-6-7-11-18(17)19(14-22)16-8-4-3-5-9-16/h2-11,19H,1,12-15H2,(H,21,23). The molecule has 2 aromatic rings. The van der Waals surface area contributed by atoms with E-state index in [4.69, 9.17) is 0 Å². The van der Waals surface area contributed by atoms with Crippen molar-refractivity contribution in [3.8, 4) is 0 Å². The van der Waals surface area contributed by atoms with E-state index in [2.05, 4.69) is 65.3 Å². The lowest BCUT2D eigenvalue weighted by Crippen LogP contribution is -2.41. The lowest BCUT2D eigenvalue weighted by Gasteiger charge is -2.34. The molecule has 1 heterocycles. The van der Waals surface area contributed by atoms with Crippen molar-refractivity contribution < 1.29 is 4.79 Å². The molecule has 0 aromatic heterocycles. The smallest absolute Gasteiger partial charge is 0.234 e. The second kappa shape index (κ2) is 7.25. The summed E-state index contributed by atoms with van der Waals surface area (Å²) < 4.78 is 0. The van der Waals surface area contributed by atoms with Crippen LogP contribution in [0.4, 0.5) is 0 Å². The third-order valence-corrected chi connectivity index (χ3v) is 4.28. The summed E-state index contributed by atoms with van der Waals surface area (Å²) in [6.45, 7) is 6.26. The van der Waals surface area contributed by atoms with E-state index in [-0.39, 0.29) is 5.91 Å². The maximum atomic E-state index is 12.0. The molecular formula is C20H22N2O. The molecule has 0 fully saturated rings. The number of fused-ring (bicyclic) bond motifs is 1. The fourth-order valence-corrected chi connectivity index (χ4v) is 3.22. The molecular weight excluding hydrogens is 284 g/mol. The highest BCUT2D eigenvalue weighted by Gasteiger charge is 2.27. The Morgan fingerprint density at radius 1 is 1.17 bits per heavy atom. The minimum Gasteiger partial charge on any atom is -0.352 e. The maximum absolute atomic E-state index is 12.0. The van der Waals surface area contributed by atoms with Crippen LogP contribution in [0.25, 0.3) is 0 Å². The summed E-state index contributed by atoms with van der Waals surface area (Å²) in [5.41, 5.74) is 3.99. The lowest BCUT2D eigenvalue weighted by atomic mass is 9.85. The minimum absolute atomic E-state index is 0.0519. The topological polar surface area (TPSA) is 32.3 Å². The summed E-state index contributed by atoms with van der Waals surface area (Å²) in [6, 6.07) is 19.1. The normalized spacial score (nSPS) is 17.3.